The maximum Gasteiger partial charge on any atom is 0.137 e. The molecule has 0 N–H and O–H groups in total. The summed E-state index contributed by atoms with van der Waals surface area (Å²) in [6.07, 6.45) is 2.34. The van der Waals surface area contributed by atoms with Gasteiger partial charge in [-0.25, -0.2) is 9.97 Å². The molecule has 0 amide bonds. The molecule has 1 saturated heterocycles. The lowest BCUT2D eigenvalue weighted by molar-refractivity contribution is 0.671. The van der Waals surface area contributed by atoms with Gasteiger partial charge in [-0.3, -0.25) is 4.21 Å². The van der Waals surface area contributed by atoms with Gasteiger partial charge in [-0.2, -0.15) is 0 Å². The number of halogens is 1. The Morgan fingerprint density at radius 2 is 1.94 bits per heavy atom. The van der Waals surface area contributed by atoms with Gasteiger partial charge in [0.05, 0.1) is 0 Å². The quantitative estimate of drug-likeness (QED) is 0.779. The zero-order chi connectivity index (χ0) is 12.7. The van der Waals surface area contributed by atoms with E-state index in [1.165, 1.54) is 12.8 Å². The highest BCUT2D eigenvalue weighted by Crippen LogP contribution is 2.40. The topological polar surface area (TPSA) is 46.1 Å². The summed E-state index contributed by atoms with van der Waals surface area (Å²) >= 11 is 6.20. The van der Waals surface area contributed by atoms with E-state index in [9.17, 15) is 4.21 Å². The molecule has 1 aromatic rings. The average molecular weight is 286 g/mol. The molecule has 1 aliphatic heterocycles. The molecule has 98 valence electrons. The number of hydrogen-bond donors (Lipinski definition) is 0. The molecule has 0 spiro atoms. The Labute approximate surface area is 114 Å². The average Bonchev–Trinajstić information content (AvgIpc) is 3.18. The molecule has 6 heteroatoms. The normalized spacial score (nSPS) is 21.3. The van der Waals surface area contributed by atoms with Crippen LogP contribution in [0.15, 0.2) is 0 Å². The number of nitrogens with zero attached hydrogens (tertiary/aromatic N) is 3. The molecule has 0 aromatic carbocycles. The van der Waals surface area contributed by atoms with Crippen LogP contribution in [-0.2, 0) is 10.8 Å². The van der Waals surface area contributed by atoms with E-state index in [0.717, 1.165) is 41.8 Å². The van der Waals surface area contributed by atoms with Crippen molar-refractivity contribution in [3.05, 3.63) is 16.5 Å². The predicted octanol–water partition coefficient (Wildman–Crippen LogP) is 1.88. The summed E-state index contributed by atoms with van der Waals surface area (Å²) < 4.78 is 11.4. The Hall–Kier alpha value is -0.680. The van der Waals surface area contributed by atoms with E-state index in [4.69, 9.17) is 11.6 Å². The summed E-state index contributed by atoms with van der Waals surface area (Å²) in [4.78, 5) is 11.2. The van der Waals surface area contributed by atoms with Gasteiger partial charge in [-0.05, 0) is 19.8 Å². The third-order valence-corrected chi connectivity index (χ3v) is 5.14. The Morgan fingerprint density at radius 3 is 2.56 bits per heavy atom. The summed E-state index contributed by atoms with van der Waals surface area (Å²) in [5.41, 5.74) is 0.939. The fraction of sp³-hybridized carbons (Fsp3) is 0.667. The molecule has 1 saturated carbocycles. The van der Waals surface area contributed by atoms with E-state index in [1.807, 2.05) is 6.92 Å². The number of anilines is 1. The number of rotatable bonds is 2. The first kappa shape index (κ1) is 12.4. The molecule has 0 bridgehead atoms. The number of aromatic nitrogens is 2. The van der Waals surface area contributed by atoms with Crippen molar-refractivity contribution >= 4 is 28.2 Å². The minimum absolute atomic E-state index is 0.501. The van der Waals surface area contributed by atoms with Crippen LogP contribution in [0.2, 0.25) is 5.15 Å². The zero-order valence-electron chi connectivity index (χ0n) is 10.4. The summed E-state index contributed by atoms with van der Waals surface area (Å²) in [6.45, 7) is 3.55. The molecular formula is C12H16ClN3OS. The Morgan fingerprint density at radius 1 is 1.28 bits per heavy atom. The summed E-state index contributed by atoms with van der Waals surface area (Å²) in [6, 6.07) is 0. The van der Waals surface area contributed by atoms with Crippen LogP contribution in [-0.4, -0.2) is 38.8 Å². The van der Waals surface area contributed by atoms with Gasteiger partial charge >= 0.3 is 0 Å². The largest absolute Gasteiger partial charge is 0.354 e. The minimum Gasteiger partial charge on any atom is -0.354 e. The minimum atomic E-state index is -0.666. The Bertz CT molecular complexity index is 494. The first-order chi connectivity index (χ1) is 8.65. The summed E-state index contributed by atoms with van der Waals surface area (Å²) in [5.74, 6) is 3.77. The maximum absolute atomic E-state index is 11.4. The molecule has 3 rings (SSSR count). The van der Waals surface area contributed by atoms with Gasteiger partial charge in [0.2, 0.25) is 0 Å². The molecule has 18 heavy (non-hydrogen) atoms. The molecule has 0 atom stereocenters. The van der Waals surface area contributed by atoms with Gasteiger partial charge in [0.25, 0.3) is 0 Å². The van der Waals surface area contributed by atoms with E-state index in [1.54, 1.807) is 0 Å². The van der Waals surface area contributed by atoms with Gasteiger partial charge in [-0.1, -0.05) is 11.6 Å². The molecule has 2 heterocycles. The van der Waals surface area contributed by atoms with E-state index in [-0.39, 0.29) is 0 Å². The molecule has 2 fully saturated rings. The lowest BCUT2D eigenvalue weighted by Gasteiger charge is -2.29. The highest BCUT2D eigenvalue weighted by molar-refractivity contribution is 7.85. The van der Waals surface area contributed by atoms with Gasteiger partial charge in [-0.15, -0.1) is 0 Å². The van der Waals surface area contributed by atoms with Gasteiger partial charge in [0, 0.05) is 46.9 Å². The van der Waals surface area contributed by atoms with Crippen LogP contribution in [0.1, 0.15) is 30.1 Å². The van der Waals surface area contributed by atoms with Crippen molar-refractivity contribution in [2.24, 2.45) is 0 Å². The smallest absolute Gasteiger partial charge is 0.137 e. The fourth-order valence-corrected chi connectivity index (χ4v) is 3.40. The SMILES string of the molecule is Cc1c(Cl)nc(C2CC2)nc1N1CCS(=O)CC1. The van der Waals surface area contributed by atoms with Crippen molar-refractivity contribution in [1.82, 2.24) is 9.97 Å². The second kappa shape index (κ2) is 4.78. The van der Waals surface area contributed by atoms with Gasteiger partial charge in [0.1, 0.15) is 16.8 Å². The molecule has 0 unspecified atom stereocenters. The van der Waals surface area contributed by atoms with Crippen LogP contribution < -0.4 is 4.90 Å². The Kier molecular flexibility index (Phi) is 3.28. The lowest BCUT2D eigenvalue weighted by atomic mass is 10.3. The van der Waals surface area contributed by atoms with Crippen LogP contribution in [0.5, 0.6) is 0 Å². The fourth-order valence-electron chi connectivity index (χ4n) is 2.18. The van der Waals surface area contributed by atoms with Gasteiger partial charge in [0.15, 0.2) is 0 Å². The first-order valence-electron chi connectivity index (χ1n) is 6.29. The third-order valence-electron chi connectivity index (χ3n) is 3.50. The van der Waals surface area contributed by atoms with Gasteiger partial charge < -0.3 is 4.90 Å². The molecular weight excluding hydrogens is 270 g/mol. The molecule has 1 aliphatic carbocycles. The zero-order valence-corrected chi connectivity index (χ0v) is 11.9. The van der Waals surface area contributed by atoms with Crippen LogP contribution in [0.25, 0.3) is 0 Å². The number of hydrogen-bond acceptors (Lipinski definition) is 4. The summed E-state index contributed by atoms with van der Waals surface area (Å²) in [7, 11) is -0.666. The van der Waals surface area contributed by atoms with Crippen LogP contribution in [0.3, 0.4) is 0 Å². The van der Waals surface area contributed by atoms with E-state index in [0.29, 0.717) is 11.1 Å². The molecule has 1 aromatic heterocycles. The maximum atomic E-state index is 11.4. The standard InChI is InChI=1S/C12H16ClN3OS/c1-8-10(13)14-11(9-2-3-9)15-12(8)16-4-6-18(17)7-5-16/h9H,2-7H2,1H3. The van der Waals surface area contributed by atoms with Crippen molar-refractivity contribution in [2.75, 3.05) is 29.5 Å². The van der Waals surface area contributed by atoms with Crippen molar-refractivity contribution in [3.63, 3.8) is 0 Å². The van der Waals surface area contributed by atoms with Crippen LogP contribution in [0.4, 0.5) is 5.82 Å². The molecule has 0 radical (unpaired) electrons. The predicted molar refractivity (Wildman–Crippen MR) is 73.8 cm³/mol. The lowest BCUT2D eigenvalue weighted by Crippen LogP contribution is -2.38. The summed E-state index contributed by atoms with van der Waals surface area (Å²) in [5, 5.41) is 0.564. The van der Waals surface area contributed by atoms with Crippen LogP contribution in [0, 0.1) is 6.92 Å². The third kappa shape index (κ3) is 2.38. The van der Waals surface area contributed by atoms with E-state index < -0.39 is 10.8 Å². The second-order valence-electron chi connectivity index (χ2n) is 4.93. The second-order valence-corrected chi connectivity index (χ2v) is 6.98. The van der Waals surface area contributed by atoms with Crippen LogP contribution >= 0.6 is 11.6 Å². The molecule has 2 aliphatic rings. The van der Waals surface area contributed by atoms with Crippen molar-refractivity contribution in [2.45, 2.75) is 25.7 Å². The highest BCUT2D eigenvalue weighted by Gasteiger charge is 2.29. The Balaban J connectivity index is 1.92. The monoisotopic (exact) mass is 285 g/mol. The van der Waals surface area contributed by atoms with Crippen molar-refractivity contribution in [3.8, 4) is 0 Å². The highest BCUT2D eigenvalue weighted by atomic mass is 35.5. The van der Waals surface area contributed by atoms with E-state index in [2.05, 4.69) is 14.9 Å². The van der Waals surface area contributed by atoms with Crippen molar-refractivity contribution in [1.29, 1.82) is 0 Å². The first-order valence-corrected chi connectivity index (χ1v) is 8.15. The van der Waals surface area contributed by atoms with Crippen molar-refractivity contribution < 1.29 is 4.21 Å². The molecule has 4 nitrogen and oxygen atoms in total. The van der Waals surface area contributed by atoms with E-state index >= 15 is 0 Å².